The van der Waals surface area contributed by atoms with E-state index in [1.165, 1.54) is 16.7 Å². The molecular weight excluding hydrogens is 170 g/mol. The first-order chi connectivity index (χ1) is 6.47. The molecule has 0 spiro atoms. The number of hydrogen-bond acceptors (Lipinski definition) is 1. The Morgan fingerprint density at radius 2 is 1.86 bits per heavy atom. The van der Waals surface area contributed by atoms with E-state index in [0.29, 0.717) is 0 Å². The van der Waals surface area contributed by atoms with E-state index in [-0.39, 0.29) is 5.41 Å². The lowest BCUT2D eigenvalue weighted by Crippen LogP contribution is -2.31. The van der Waals surface area contributed by atoms with E-state index in [1.807, 2.05) is 7.05 Å². The predicted molar refractivity (Wildman–Crippen MR) is 62.9 cm³/mol. The molecule has 0 aliphatic heterocycles. The fourth-order valence-electron chi connectivity index (χ4n) is 2.11. The molecule has 0 aliphatic carbocycles. The average molecular weight is 191 g/mol. The van der Waals surface area contributed by atoms with E-state index >= 15 is 0 Å². The molecular formula is C13H21N. The topological polar surface area (TPSA) is 12.0 Å². The van der Waals surface area contributed by atoms with Gasteiger partial charge in [0.2, 0.25) is 0 Å². The highest BCUT2D eigenvalue weighted by atomic mass is 14.8. The lowest BCUT2D eigenvalue weighted by molar-refractivity contribution is 0.491. The Bertz CT molecular complexity index is 313. The van der Waals surface area contributed by atoms with Crippen LogP contribution in [0.4, 0.5) is 0 Å². The Morgan fingerprint density at radius 1 is 1.21 bits per heavy atom. The van der Waals surface area contributed by atoms with E-state index in [1.54, 1.807) is 0 Å². The van der Waals surface area contributed by atoms with Crippen molar-refractivity contribution in [1.29, 1.82) is 0 Å². The zero-order chi connectivity index (χ0) is 10.8. The van der Waals surface area contributed by atoms with Crippen molar-refractivity contribution < 1.29 is 0 Å². The van der Waals surface area contributed by atoms with Gasteiger partial charge < -0.3 is 5.32 Å². The Morgan fingerprint density at radius 3 is 2.36 bits per heavy atom. The van der Waals surface area contributed by atoms with Gasteiger partial charge in [-0.2, -0.15) is 0 Å². The third-order valence-corrected chi connectivity index (χ3v) is 2.73. The van der Waals surface area contributed by atoms with Gasteiger partial charge in [0, 0.05) is 12.0 Å². The van der Waals surface area contributed by atoms with Gasteiger partial charge in [0.25, 0.3) is 0 Å². The number of aryl methyl sites for hydroxylation is 2. The van der Waals surface area contributed by atoms with E-state index in [2.05, 4.69) is 51.2 Å². The highest BCUT2D eigenvalue weighted by molar-refractivity contribution is 5.35. The molecule has 0 heterocycles. The van der Waals surface area contributed by atoms with Crippen LogP contribution in [0, 0.1) is 13.8 Å². The summed E-state index contributed by atoms with van der Waals surface area (Å²) in [5, 5.41) is 3.25. The van der Waals surface area contributed by atoms with Crippen molar-refractivity contribution in [2.75, 3.05) is 13.6 Å². The minimum atomic E-state index is 0.215. The van der Waals surface area contributed by atoms with Crippen molar-refractivity contribution in [3.63, 3.8) is 0 Å². The monoisotopic (exact) mass is 191 g/mol. The van der Waals surface area contributed by atoms with Crippen LogP contribution in [0.3, 0.4) is 0 Å². The molecule has 0 fully saturated rings. The largest absolute Gasteiger partial charge is 0.319 e. The molecule has 78 valence electrons. The van der Waals surface area contributed by atoms with Crippen LogP contribution >= 0.6 is 0 Å². The first-order valence-corrected chi connectivity index (χ1v) is 5.20. The number of nitrogens with one attached hydrogen (secondary N) is 1. The van der Waals surface area contributed by atoms with Crippen molar-refractivity contribution in [2.45, 2.75) is 33.1 Å². The Labute approximate surface area is 87.5 Å². The summed E-state index contributed by atoms with van der Waals surface area (Å²) in [6.07, 6.45) is 0. The highest BCUT2D eigenvalue weighted by Gasteiger charge is 2.21. The molecule has 0 unspecified atom stereocenters. The van der Waals surface area contributed by atoms with E-state index in [0.717, 1.165) is 6.54 Å². The van der Waals surface area contributed by atoms with Crippen molar-refractivity contribution in [3.8, 4) is 0 Å². The van der Waals surface area contributed by atoms with E-state index in [9.17, 15) is 0 Å². The van der Waals surface area contributed by atoms with Gasteiger partial charge in [-0.1, -0.05) is 37.6 Å². The van der Waals surface area contributed by atoms with Crippen LogP contribution in [0.1, 0.15) is 30.5 Å². The molecule has 1 aromatic carbocycles. The van der Waals surface area contributed by atoms with Crippen LogP contribution in [0.25, 0.3) is 0 Å². The summed E-state index contributed by atoms with van der Waals surface area (Å²) in [4.78, 5) is 0. The molecule has 0 aliphatic rings. The van der Waals surface area contributed by atoms with Crippen molar-refractivity contribution >= 4 is 0 Å². The molecule has 1 N–H and O–H groups in total. The molecule has 0 aromatic heterocycles. The number of rotatable bonds is 3. The second-order valence-corrected chi connectivity index (χ2v) is 4.73. The summed E-state index contributed by atoms with van der Waals surface area (Å²) in [7, 11) is 2.01. The molecule has 0 saturated carbocycles. The lowest BCUT2D eigenvalue weighted by Gasteiger charge is -2.27. The quantitative estimate of drug-likeness (QED) is 0.774. The average Bonchev–Trinajstić information content (AvgIpc) is 2.02. The van der Waals surface area contributed by atoms with Crippen LogP contribution in [-0.2, 0) is 5.41 Å². The van der Waals surface area contributed by atoms with Crippen LogP contribution in [-0.4, -0.2) is 13.6 Å². The predicted octanol–water partition coefficient (Wildman–Crippen LogP) is 2.80. The summed E-state index contributed by atoms with van der Waals surface area (Å²) in [6, 6.07) is 6.70. The second-order valence-electron chi connectivity index (χ2n) is 4.73. The van der Waals surface area contributed by atoms with Gasteiger partial charge in [-0.3, -0.25) is 0 Å². The molecule has 1 nitrogen and oxygen atoms in total. The zero-order valence-electron chi connectivity index (χ0n) is 9.94. The zero-order valence-corrected chi connectivity index (χ0v) is 9.94. The summed E-state index contributed by atoms with van der Waals surface area (Å²) >= 11 is 0. The molecule has 0 amide bonds. The minimum Gasteiger partial charge on any atom is -0.319 e. The SMILES string of the molecule is CNCC(C)(C)c1ccc(C)cc1C. The molecule has 1 heteroatoms. The van der Waals surface area contributed by atoms with Gasteiger partial charge in [0.05, 0.1) is 0 Å². The normalized spacial score (nSPS) is 11.8. The molecule has 0 atom stereocenters. The Balaban J connectivity index is 3.06. The Hall–Kier alpha value is -0.820. The molecule has 0 saturated heterocycles. The fourth-order valence-corrected chi connectivity index (χ4v) is 2.11. The minimum absolute atomic E-state index is 0.215. The summed E-state index contributed by atoms with van der Waals surface area (Å²) in [5.74, 6) is 0. The summed E-state index contributed by atoms with van der Waals surface area (Å²) < 4.78 is 0. The van der Waals surface area contributed by atoms with Crippen molar-refractivity contribution in [3.05, 3.63) is 34.9 Å². The maximum atomic E-state index is 3.25. The smallest absolute Gasteiger partial charge is 0.00402 e. The van der Waals surface area contributed by atoms with Gasteiger partial charge in [0.15, 0.2) is 0 Å². The maximum absolute atomic E-state index is 3.25. The van der Waals surface area contributed by atoms with E-state index in [4.69, 9.17) is 0 Å². The van der Waals surface area contributed by atoms with Gasteiger partial charge in [-0.05, 0) is 32.0 Å². The van der Waals surface area contributed by atoms with Crippen LogP contribution < -0.4 is 5.32 Å². The molecule has 1 rings (SSSR count). The second kappa shape index (κ2) is 4.14. The standard InChI is InChI=1S/C13H21N/c1-10-6-7-12(11(2)8-10)13(3,4)9-14-5/h6-8,14H,9H2,1-5H3. The lowest BCUT2D eigenvalue weighted by atomic mass is 9.81. The first-order valence-electron chi connectivity index (χ1n) is 5.20. The number of likely N-dealkylation sites (N-methyl/N-ethyl adjacent to an activating group) is 1. The first kappa shape index (κ1) is 11.3. The van der Waals surface area contributed by atoms with Gasteiger partial charge in [-0.15, -0.1) is 0 Å². The van der Waals surface area contributed by atoms with Crippen molar-refractivity contribution in [2.24, 2.45) is 0 Å². The van der Waals surface area contributed by atoms with Crippen LogP contribution in [0.15, 0.2) is 18.2 Å². The highest BCUT2D eigenvalue weighted by Crippen LogP contribution is 2.26. The van der Waals surface area contributed by atoms with Gasteiger partial charge in [-0.25, -0.2) is 0 Å². The van der Waals surface area contributed by atoms with Crippen LogP contribution in [0.5, 0.6) is 0 Å². The fraction of sp³-hybridized carbons (Fsp3) is 0.538. The summed E-state index contributed by atoms with van der Waals surface area (Å²) in [6.45, 7) is 9.90. The third-order valence-electron chi connectivity index (χ3n) is 2.73. The molecule has 1 aromatic rings. The van der Waals surface area contributed by atoms with E-state index < -0.39 is 0 Å². The maximum Gasteiger partial charge on any atom is 0.00402 e. The van der Waals surface area contributed by atoms with Gasteiger partial charge >= 0.3 is 0 Å². The number of hydrogen-bond donors (Lipinski definition) is 1. The third kappa shape index (κ3) is 2.36. The number of benzene rings is 1. The van der Waals surface area contributed by atoms with Crippen LogP contribution in [0.2, 0.25) is 0 Å². The molecule has 14 heavy (non-hydrogen) atoms. The molecule has 0 radical (unpaired) electrons. The van der Waals surface area contributed by atoms with Gasteiger partial charge in [0.1, 0.15) is 0 Å². The summed E-state index contributed by atoms with van der Waals surface area (Å²) in [5.41, 5.74) is 4.39. The Kier molecular flexibility index (Phi) is 3.33. The molecule has 0 bridgehead atoms. The van der Waals surface area contributed by atoms with Crippen molar-refractivity contribution in [1.82, 2.24) is 5.32 Å².